The molecule has 36 heavy (non-hydrogen) atoms. The van der Waals surface area contributed by atoms with Crippen LogP contribution in [0.2, 0.25) is 0 Å². The lowest BCUT2D eigenvalue weighted by atomic mass is 9.80. The summed E-state index contributed by atoms with van der Waals surface area (Å²) >= 11 is 0. The van der Waals surface area contributed by atoms with Crippen molar-refractivity contribution in [2.75, 3.05) is 33.3 Å². The summed E-state index contributed by atoms with van der Waals surface area (Å²) in [5.41, 5.74) is 11.8. The number of nitrogens with two attached hydrogens (primary N) is 2. The van der Waals surface area contributed by atoms with Crippen molar-refractivity contribution in [1.29, 1.82) is 5.26 Å². The first kappa shape index (κ1) is 25.6. The third-order valence-corrected chi connectivity index (χ3v) is 5.62. The number of hydrogen-bond donors (Lipinski definition) is 2. The zero-order valence-corrected chi connectivity index (χ0v) is 20.0. The summed E-state index contributed by atoms with van der Waals surface area (Å²) < 4.78 is 20.6. The van der Waals surface area contributed by atoms with E-state index in [0.717, 1.165) is 19.1 Å². The number of nitrogens with zero attached hydrogens (tertiary/aromatic N) is 2. The number of ether oxygens (including phenoxy) is 4. The third-order valence-electron chi connectivity index (χ3n) is 5.62. The third kappa shape index (κ3) is 4.27. The number of rotatable bonds is 7. The van der Waals surface area contributed by atoms with Crippen molar-refractivity contribution < 1.29 is 33.3 Å². The van der Waals surface area contributed by atoms with Crippen LogP contribution in [0.15, 0.2) is 65.1 Å². The Morgan fingerprint density at radius 3 is 2.03 bits per heavy atom. The first-order chi connectivity index (χ1) is 17.2. The maximum atomic E-state index is 13.2. The van der Waals surface area contributed by atoms with Gasteiger partial charge >= 0.3 is 11.9 Å². The number of methoxy groups -OCH3 is 4. The van der Waals surface area contributed by atoms with Gasteiger partial charge in [0.1, 0.15) is 11.5 Å². The predicted octanol–water partition coefficient (Wildman–Crippen LogP) is 1.70. The highest BCUT2D eigenvalue weighted by molar-refractivity contribution is 6.08. The number of hydrogen-bond acceptors (Lipinski definition) is 10. The Hall–Kier alpha value is -4.98. The lowest BCUT2D eigenvalue weighted by Gasteiger charge is -2.36. The largest absolute Gasteiger partial charge is 0.493 e. The van der Waals surface area contributed by atoms with Crippen LogP contribution in [0.1, 0.15) is 21.8 Å². The van der Waals surface area contributed by atoms with E-state index in [1.165, 1.54) is 26.4 Å². The Balaban J connectivity index is 2.52. The molecule has 0 fully saturated rings. The van der Waals surface area contributed by atoms with Crippen molar-refractivity contribution in [2.45, 2.75) is 5.92 Å². The van der Waals surface area contributed by atoms with Crippen molar-refractivity contribution in [3.63, 3.8) is 0 Å². The fraction of sp³-hybridized carbons (Fsp3) is 0.200. The van der Waals surface area contributed by atoms with Gasteiger partial charge in [-0.05, 0) is 11.6 Å². The molecule has 0 saturated carbocycles. The molecule has 186 valence electrons. The monoisotopic (exact) mass is 492 g/mol. The van der Waals surface area contributed by atoms with Gasteiger partial charge in [-0.3, -0.25) is 9.69 Å². The highest BCUT2D eigenvalue weighted by Gasteiger charge is 2.44. The van der Waals surface area contributed by atoms with Crippen molar-refractivity contribution in [3.8, 4) is 17.6 Å². The quantitative estimate of drug-likeness (QED) is 0.543. The fourth-order valence-corrected chi connectivity index (χ4v) is 4.01. The Labute approximate surface area is 207 Å². The summed E-state index contributed by atoms with van der Waals surface area (Å²) in [6.07, 6.45) is 0. The molecule has 3 rings (SSSR count). The number of amides is 1. The molecule has 1 heterocycles. The van der Waals surface area contributed by atoms with Crippen molar-refractivity contribution in [1.82, 2.24) is 0 Å². The molecule has 0 aromatic heterocycles. The summed E-state index contributed by atoms with van der Waals surface area (Å²) in [7, 11) is 4.98. The minimum atomic E-state index is -1.06. The molecule has 1 amide bonds. The van der Waals surface area contributed by atoms with Gasteiger partial charge in [-0.15, -0.1) is 0 Å². The van der Waals surface area contributed by atoms with Crippen LogP contribution in [-0.4, -0.2) is 46.3 Å². The van der Waals surface area contributed by atoms with Gasteiger partial charge in [0.2, 0.25) is 0 Å². The number of benzene rings is 2. The Kier molecular flexibility index (Phi) is 7.49. The average Bonchev–Trinajstić information content (AvgIpc) is 2.90. The minimum absolute atomic E-state index is 0.0429. The maximum absolute atomic E-state index is 13.2. The van der Waals surface area contributed by atoms with Crippen LogP contribution in [0.4, 0.5) is 5.69 Å². The topological polar surface area (TPSA) is 167 Å². The molecule has 1 aliphatic rings. The molecule has 4 N–H and O–H groups in total. The molecular weight excluding hydrogens is 468 g/mol. The molecule has 1 atom stereocenters. The van der Waals surface area contributed by atoms with Crippen LogP contribution in [0.5, 0.6) is 11.5 Å². The lowest BCUT2D eigenvalue weighted by molar-refractivity contribution is -0.139. The number of allylic oxidation sites excluding steroid dienone is 1. The van der Waals surface area contributed by atoms with Gasteiger partial charge in [-0.25, -0.2) is 9.59 Å². The average molecular weight is 492 g/mol. The Morgan fingerprint density at radius 1 is 0.944 bits per heavy atom. The van der Waals surface area contributed by atoms with Gasteiger partial charge in [0.25, 0.3) is 5.91 Å². The van der Waals surface area contributed by atoms with Crippen LogP contribution < -0.4 is 25.8 Å². The second-order valence-corrected chi connectivity index (χ2v) is 7.42. The van der Waals surface area contributed by atoms with E-state index in [1.54, 1.807) is 30.3 Å². The van der Waals surface area contributed by atoms with Crippen LogP contribution >= 0.6 is 0 Å². The summed E-state index contributed by atoms with van der Waals surface area (Å²) in [6.45, 7) is 0. The SMILES string of the molecule is COC(=O)C1=C(C(=O)OC)N(c2cc(OC)c(OC)cc2C(N)=O)C(N)=C(C#N)C1c1ccccc1. The standard InChI is InChI=1S/C25H24N4O7/c1-33-17-10-14(23(28)30)16(11-18(17)34-2)29-21(25(32)36-4)20(24(31)35-3)19(15(12-26)22(29)27)13-8-6-5-7-9-13/h5-11,19H,27H2,1-4H3,(H2,28,30). The molecule has 1 aliphatic heterocycles. The van der Waals surface area contributed by atoms with E-state index in [0.29, 0.717) is 5.56 Å². The summed E-state index contributed by atoms with van der Waals surface area (Å²) in [5.74, 6) is -3.73. The van der Waals surface area contributed by atoms with Gasteiger partial charge in [-0.1, -0.05) is 30.3 Å². The molecule has 11 nitrogen and oxygen atoms in total. The number of carbonyl (C=O) groups is 3. The van der Waals surface area contributed by atoms with Crippen LogP contribution in [0, 0.1) is 11.3 Å². The van der Waals surface area contributed by atoms with Crippen molar-refractivity contribution in [3.05, 3.63) is 76.3 Å². The van der Waals surface area contributed by atoms with Gasteiger partial charge in [-0.2, -0.15) is 5.26 Å². The van der Waals surface area contributed by atoms with E-state index < -0.39 is 23.8 Å². The molecule has 2 aromatic rings. The smallest absolute Gasteiger partial charge is 0.355 e. The second-order valence-electron chi connectivity index (χ2n) is 7.42. The number of anilines is 1. The highest BCUT2D eigenvalue weighted by atomic mass is 16.5. The summed E-state index contributed by atoms with van der Waals surface area (Å²) in [6, 6.07) is 13.2. The minimum Gasteiger partial charge on any atom is -0.493 e. The van der Waals surface area contributed by atoms with E-state index in [4.69, 9.17) is 30.4 Å². The van der Waals surface area contributed by atoms with Gasteiger partial charge < -0.3 is 30.4 Å². The maximum Gasteiger partial charge on any atom is 0.355 e. The zero-order chi connectivity index (χ0) is 26.6. The van der Waals surface area contributed by atoms with Crippen molar-refractivity contribution in [2.24, 2.45) is 11.5 Å². The molecular formula is C25H24N4O7. The number of primary amides is 1. The predicted molar refractivity (Wildman–Crippen MR) is 128 cm³/mol. The van der Waals surface area contributed by atoms with E-state index >= 15 is 0 Å². The van der Waals surface area contributed by atoms with E-state index in [9.17, 15) is 19.6 Å². The van der Waals surface area contributed by atoms with E-state index in [2.05, 4.69) is 0 Å². The molecule has 0 saturated heterocycles. The molecule has 2 aromatic carbocycles. The first-order valence-electron chi connectivity index (χ1n) is 10.5. The molecule has 1 unspecified atom stereocenters. The van der Waals surface area contributed by atoms with Crippen molar-refractivity contribution >= 4 is 23.5 Å². The second kappa shape index (κ2) is 10.5. The van der Waals surface area contributed by atoms with Crippen LogP contribution in [0.3, 0.4) is 0 Å². The molecule has 0 aliphatic carbocycles. The highest BCUT2D eigenvalue weighted by Crippen LogP contribution is 2.45. The Bertz CT molecular complexity index is 1330. The van der Waals surface area contributed by atoms with E-state index in [-0.39, 0.29) is 45.4 Å². The summed E-state index contributed by atoms with van der Waals surface area (Å²) in [4.78, 5) is 39.9. The first-order valence-corrected chi connectivity index (χ1v) is 10.5. The molecule has 11 heteroatoms. The number of carbonyl (C=O) groups excluding carboxylic acids is 3. The molecule has 0 radical (unpaired) electrons. The van der Waals surface area contributed by atoms with Crippen LogP contribution in [0.25, 0.3) is 0 Å². The lowest BCUT2D eigenvalue weighted by Crippen LogP contribution is -2.41. The van der Waals surface area contributed by atoms with Gasteiger partial charge in [0.05, 0.1) is 62.8 Å². The zero-order valence-electron chi connectivity index (χ0n) is 20.0. The van der Waals surface area contributed by atoms with Crippen LogP contribution in [-0.2, 0) is 19.1 Å². The number of nitriles is 1. The Morgan fingerprint density at radius 2 is 1.53 bits per heavy atom. The molecule has 0 bridgehead atoms. The van der Waals surface area contributed by atoms with Gasteiger partial charge in [0.15, 0.2) is 11.5 Å². The number of esters is 2. The van der Waals surface area contributed by atoms with E-state index in [1.807, 2.05) is 6.07 Å². The fourth-order valence-electron chi connectivity index (χ4n) is 4.01. The molecule has 0 spiro atoms. The van der Waals surface area contributed by atoms with Gasteiger partial charge in [0, 0.05) is 6.07 Å². The normalized spacial score (nSPS) is 15.2. The summed E-state index contributed by atoms with van der Waals surface area (Å²) in [5, 5.41) is 10.1.